The van der Waals surface area contributed by atoms with Crippen LogP contribution in [0.25, 0.3) is 0 Å². The summed E-state index contributed by atoms with van der Waals surface area (Å²) in [5, 5.41) is 2.77. The smallest absolute Gasteiger partial charge is 0.360 e. The number of alkyl halides is 3. The van der Waals surface area contributed by atoms with Crippen LogP contribution in [0.4, 0.5) is 18.3 Å². The molecule has 0 atom stereocenters. The van der Waals surface area contributed by atoms with Crippen molar-refractivity contribution >= 4 is 22.6 Å². The highest BCUT2D eigenvalue weighted by molar-refractivity contribution is 7.09. The number of carbonyl (C=O) groups is 1. The molecule has 0 unspecified atom stereocenters. The largest absolute Gasteiger partial charge is 0.452 e. The Hall–Kier alpha value is -1.38. The minimum absolute atomic E-state index is 0.0190. The molecule has 1 aliphatic rings. The number of amides is 1. The Balaban J connectivity index is 1.76. The van der Waals surface area contributed by atoms with E-state index in [4.69, 9.17) is 0 Å². The minimum atomic E-state index is -4.53. The SMILES string of the molecule is O=C(CCNc1nc(C(F)(F)F)ns1)N1CCCC1. The summed E-state index contributed by atoms with van der Waals surface area (Å²) >= 11 is 0.643. The number of halogens is 3. The molecule has 2 rings (SSSR count). The second-order valence-corrected chi connectivity index (χ2v) is 4.94. The third-order valence-corrected chi connectivity index (χ3v) is 3.43. The summed E-state index contributed by atoms with van der Waals surface area (Å²) in [7, 11) is 0. The molecule has 1 aliphatic heterocycles. The van der Waals surface area contributed by atoms with Crippen LogP contribution in [0.1, 0.15) is 25.1 Å². The summed E-state index contributed by atoms with van der Waals surface area (Å²) in [6, 6.07) is 0. The van der Waals surface area contributed by atoms with Gasteiger partial charge in [0.2, 0.25) is 16.9 Å². The monoisotopic (exact) mass is 294 g/mol. The molecule has 1 aromatic heterocycles. The lowest BCUT2D eigenvalue weighted by molar-refractivity contribution is -0.144. The van der Waals surface area contributed by atoms with Gasteiger partial charge in [-0.2, -0.15) is 22.5 Å². The van der Waals surface area contributed by atoms with Gasteiger partial charge in [0.1, 0.15) is 0 Å². The molecule has 0 radical (unpaired) electrons. The number of rotatable bonds is 4. The summed E-state index contributed by atoms with van der Waals surface area (Å²) in [4.78, 5) is 16.8. The first kappa shape index (κ1) is 14.0. The van der Waals surface area contributed by atoms with Crippen molar-refractivity contribution in [1.82, 2.24) is 14.3 Å². The maximum Gasteiger partial charge on any atom is 0.452 e. The molecule has 1 aromatic rings. The van der Waals surface area contributed by atoms with E-state index in [-0.39, 0.29) is 24.0 Å². The van der Waals surface area contributed by atoms with Crippen LogP contribution in [0.2, 0.25) is 0 Å². The van der Waals surface area contributed by atoms with E-state index in [9.17, 15) is 18.0 Å². The maximum absolute atomic E-state index is 12.2. The molecule has 1 saturated heterocycles. The van der Waals surface area contributed by atoms with Crippen LogP contribution in [0, 0.1) is 0 Å². The normalized spacial score (nSPS) is 15.8. The van der Waals surface area contributed by atoms with Crippen molar-refractivity contribution < 1.29 is 18.0 Å². The minimum Gasteiger partial charge on any atom is -0.360 e. The lowest BCUT2D eigenvalue weighted by Gasteiger charge is -2.14. The summed E-state index contributed by atoms with van der Waals surface area (Å²) in [5.74, 6) is -1.13. The fourth-order valence-corrected chi connectivity index (χ4v) is 2.42. The van der Waals surface area contributed by atoms with Gasteiger partial charge in [0.25, 0.3) is 0 Å². The zero-order valence-corrected chi connectivity index (χ0v) is 10.9. The molecule has 1 fully saturated rings. The first-order valence-corrected chi connectivity index (χ1v) is 6.67. The number of nitrogens with zero attached hydrogens (tertiary/aromatic N) is 3. The molecule has 5 nitrogen and oxygen atoms in total. The van der Waals surface area contributed by atoms with Gasteiger partial charge < -0.3 is 10.2 Å². The van der Waals surface area contributed by atoms with Crippen LogP contribution >= 0.6 is 11.5 Å². The van der Waals surface area contributed by atoms with Gasteiger partial charge in [-0.1, -0.05) is 0 Å². The van der Waals surface area contributed by atoms with E-state index >= 15 is 0 Å². The summed E-state index contributed by atoms with van der Waals surface area (Å²) < 4.78 is 40.0. The average molecular weight is 294 g/mol. The summed E-state index contributed by atoms with van der Waals surface area (Å²) in [5.41, 5.74) is 0. The van der Waals surface area contributed by atoms with Gasteiger partial charge in [-0.25, -0.2) is 0 Å². The first-order valence-electron chi connectivity index (χ1n) is 5.89. The molecular formula is C10H13F3N4OS. The second-order valence-electron chi connectivity index (χ2n) is 4.19. The lowest BCUT2D eigenvalue weighted by Crippen LogP contribution is -2.29. The first-order chi connectivity index (χ1) is 8.97. The predicted octanol–water partition coefficient (Wildman–Crippen LogP) is 1.98. The van der Waals surface area contributed by atoms with E-state index in [2.05, 4.69) is 14.7 Å². The topological polar surface area (TPSA) is 58.1 Å². The van der Waals surface area contributed by atoms with Crippen molar-refractivity contribution in [3.05, 3.63) is 5.82 Å². The van der Waals surface area contributed by atoms with Gasteiger partial charge in [0.15, 0.2) is 0 Å². The zero-order valence-electron chi connectivity index (χ0n) is 10.0. The average Bonchev–Trinajstić information content (AvgIpc) is 2.99. The molecule has 9 heteroatoms. The highest BCUT2D eigenvalue weighted by Gasteiger charge is 2.36. The molecule has 2 heterocycles. The van der Waals surface area contributed by atoms with Gasteiger partial charge in [0, 0.05) is 37.6 Å². The fourth-order valence-electron chi connectivity index (χ4n) is 1.81. The second kappa shape index (κ2) is 5.72. The van der Waals surface area contributed by atoms with Crippen molar-refractivity contribution in [3.8, 4) is 0 Å². The van der Waals surface area contributed by atoms with Crippen molar-refractivity contribution in [2.24, 2.45) is 0 Å². The molecule has 1 N–H and O–H groups in total. The van der Waals surface area contributed by atoms with Gasteiger partial charge in [-0.05, 0) is 12.8 Å². The van der Waals surface area contributed by atoms with Gasteiger partial charge in [0.05, 0.1) is 0 Å². The highest BCUT2D eigenvalue weighted by atomic mass is 32.1. The van der Waals surface area contributed by atoms with Crippen LogP contribution in [-0.4, -0.2) is 39.8 Å². The molecule has 0 spiro atoms. The number of nitrogens with one attached hydrogen (secondary N) is 1. The molecule has 1 amide bonds. The Morgan fingerprint density at radius 2 is 2.05 bits per heavy atom. The van der Waals surface area contributed by atoms with E-state index in [1.807, 2.05) is 0 Å². The molecule has 0 saturated carbocycles. The Labute approximate surface area is 112 Å². The van der Waals surface area contributed by atoms with Gasteiger partial charge >= 0.3 is 6.18 Å². The number of hydrogen-bond donors (Lipinski definition) is 1. The molecule has 0 bridgehead atoms. The molecule has 0 aliphatic carbocycles. The van der Waals surface area contributed by atoms with E-state index in [0.29, 0.717) is 11.5 Å². The summed E-state index contributed by atoms with van der Waals surface area (Å²) in [6.07, 6.45) is -2.24. The number of hydrogen-bond acceptors (Lipinski definition) is 5. The van der Waals surface area contributed by atoms with Gasteiger partial charge in [-0.3, -0.25) is 4.79 Å². The van der Waals surface area contributed by atoms with E-state index in [1.165, 1.54) is 0 Å². The third kappa shape index (κ3) is 3.79. The molecular weight excluding hydrogens is 281 g/mol. The van der Waals surface area contributed by atoms with E-state index < -0.39 is 12.0 Å². The third-order valence-electron chi connectivity index (χ3n) is 2.75. The fraction of sp³-hybridized carbons (Fsp3) is 0.700. The Morgan fingerprint density at radius 1 is 1.37 bits per heavy atom. The number of carbonyl (C=O) groups excluding carboxylic acids is 1. The van der Waals surface area contributed by atoms with Crippen LogP contribution in [0.15, 0.2) is 0 Å². The van der Waals surface area contributed by atoms with Crippen LogP contribution in [0.3, 0.4) is 0 Å². The highest BCUT2D eigenvalue weighted by Crippen LogP contribution is 2.28. The number of likely N-dealkylation sites (tertiary alicyclic amines) is 1. The van der Waals surface area contributed by atoms with Gasteiger partial charge in [-0.15, -0.1) is 0 Å². The standard InChI is InChI=1S/C10H13F3N4OS/c11-10(12,13)8-15-9(19-16-8)14-4-3-7(18)17-5-1-2-6-17/h1-6H2,(H,14,15,16). The molecule has 0 aromatic carbocycles. The number of aromatic nitrogens is 2. The van der Waals surface area contributed by atoms with Crippen LogP contribution < -0.4 is 5.32 Å². The van der Waals surface area contributed by atoms with E-state index in [1.54, 1.807) is 4.90 Å². The van der Waals surface area contributed by atoms with Crippen LogP contribution in [-0.2, 0) is 11.0 Å². The number of anilines is 1. The summed E-state index contributed by atoms with van der Waals surface area (Å²) in [6.45, 7) is 1.81. The molecule has 106 valence electrons. The predicted molar refractivity (Wildman–Crippen MR) is 63.8 cm³/mol. The van der Waals surface area contributed by atoms with Crippen molar-refractivity contribution in [1.29, 1.82) is 0 Å². The van der Waals surface area contributed by atoms with Crippen molar-refractivity contribution in [2.75, 3.05) is 25.0 Å². The van der Waals surface area contributed by atoms with Crippen LogP contribution in [0.5, 0.6) is 0 Å². The van der Waals surface area contributed by atoms with Crippen molar-refractivity contribution in [3.63, 3.8) is 0 Å². The van der Waals surface area contributed by atoms with Crippen molar-refractivity contribution in [2.45, 2.75) is 25.4 Å². The lowest BCUT2D eigenvalue weighted by atomic mass is 10.3. The molecule has 19 heavy (non-hydrogen) atoms. The zero-order chi connectivity index (χ0) is 13.9. The Morgan fingerprint density at radius 3 is 2.63 bits per heavy atom. The Kier molecular flexibility index (Phi) is 4.23. The Bertz CT molecular complexity index is 442. The van der Waals surface area contributed by atoms with E-state index in [0.717, 1.165) is 25.9 Å². The quantitative estimate of drug-likeness (QED) is 0.922. The maximum atomic E-state index is 12.2.